The number of aliphatic imine (C=N–C) groups is 1. The van der Waals surface area contributed by atoms with E-state index in [1.165, 1.54) is 4.90 Å². The van der Waals surface area contributed by atoms with Gasteiger partial charge in [0.1, 0.15) is 0 Å². The van der Waals surface area contributed by atoms with Crippen molar-refractivity contribution in [3.8, 4) is 11.8 Å². The molecule has 1 N–H and O–H groups in total. The molecule has 0 aliphatic heterocycles. The number of aliphatic hydroxyl groups is 1. The van der Waals surface area contributed by atoms with Gasteiger partial charge in [0.05, 0.1) is 13.7 Å². The molecule has 138 valence electrons. The van der Waals surface area contributed by atoms with Crippen LogP contribution in [0.5, 0.6) is 0 Å². The molecule has 0 aliphatic rings. The fraction of sp³-hybridized carbons (Fsp3) is 0.368. The Balaban J connectivity index is 2.75. The predicted octanol–water partition coefficient (Wildman–Crippen LogP) is 1.04. The Bertz CT molecular complexity index is 757. The van der Waals surface area contributed by atoms with Gasteiger partial charge in [0.25, 0.3) is 5.91 Å². The lowest BCUT2D eigenvalue weighted by atomic mass is 10.1. The first-order chi connectivity index (χ1) is 12.4. The first-order valence-electron chi connectivity index (χ1n) is 7.99. The molecular formula is C19H22N2O5. The third kappa shape index (κ3) is 6.87. The Morgan fingerprint density at radius 1 is 1.27 bits per heavy atom. The highest BCUT2D eigenvalue weighted by Crippen LogP contribution is 2.07. The maximum atomic E-state index is 12.1. The molecule has 0 unspecified atom stereocenters. The van der Waals surface area contributed by atoms with Gasteiger partial charge in [-0.2, -0.15) is 0 Å². The van der Waals surface area contributed by atoms with Crippen LogP contribution in [0.4, 0.5) is 0 Å². The number of benzene rings is 1. The lowest BCUT2D eigenvalue weighted by molar-refractivity contribution is -0.133. The molecule has 1 aromatic carbocycles. The monoisotopic (exact) mass is 358 g/mol. The number of aliphatic hydroxyl groups excluding tert-OH is 1. The zero-order valence-electron chi connectivity index (χ0n) is 15.1. The molecule has 0 spiro atoms. The molecular weight excluding hydrogens is 336 g/mol. The molecule has 2 amide bonds. The summed E-state index contributed by atoms with van der Waals surface area (Å²) in [5.41, 5.74) is 0.502. The minimum absolute atomic E-state index is 0.0579. The van der Waals surface area contributed by atoms with E-state index in [4.69, 9.17) is 5.11 Å². The summed E-state index contributed by atoms with van der Waals surface area (Å²) in [6.07, 6.45) is 1.66. The van der Waals surface area contributed by atoms with Gasteiger partial charge in [0.15, 0.2) is 5.71 Å². The van der Waals surface area contributed by atoms with E-state index < -0.39 is 18.5 Å². The minimum Gasteiger partial charge on any atom is -0.464 e. The van der Waals surface area contributed by atoms with Gasteiger partial charge >= 0.3 is 5.97 Å². The second-order valence-electron chi connectivity index (χ2n) is 5.54. The van der Waals surface area contributed by atoms with Crippen molar-refractivity contribution in [1.29, 1.82) is 0 Å². The minimum atomic E-state index is -0.857. The van der Waals surface area contributed by atoms with Crippen molar-refractivity contribution in [2.24, 2.45) is 4.99 Å². The molecule has 1 aromatic rings. The number of hydrogen-bond donors (Lipinski definition) is 1. The fourth-order valence-electron chi connectivity index (χ4n) is 1.90. The highest BCUT2D eigenvalue weighted by molar-refractivity contribution is 6.39. The van der Waals surface area contributed by atoms with Crippen molar-refractivity contribution in [2.75, 3.05) is 27.8 Å². The normalized spacial score (nSPS) is 10.5. The summed E-state index contributed by atoms with van der Waals surface area (Å²) in [5, 5.41) is 9.08. The number of carbonyl (C=O) groups is 3. The quantitative estimate of drug-likeness (QED) is 0.355. The lowest BCUT2D eigenvalue weighted by Crippen LogP contribution is -2.21. The molecule has 0 atom stereocenters. The predicted molar refractivity (Wildman–Crippen MR) is 96.7 cm³/mol. The number of hydrogen-bond acceptors (Lipinski definition) is 5. The molecule has 0 aromatic heterocycles. The van der Waals surface area contributed by atoms with Gasteiger partial charge in [-0.15, -0.1) is 0 Å². The van der Waals surface area contributed by atoms with E-state index in [1.54, 1.807) is 38.4 Å². The smallest absolute Gasteiger partial charge is 0.354 e. The van der Waals surface area contributed by atoms with Gasteiger partial charge in [-0.1, -0.05) is 17.9 Å². The maximum absolute atomic E-state index is 12.1. The van der Waals surface area contributed by atoms with Crippen LogP contribution in [-0.2, 0) is 14.3 Å². The zero-order chi connectivity index (χ0) is 19.5. The largest absolute Gasteiger partial charge is 0.464 e. The molecule has 0 heterocycles. The number of unbranched alkanes of at least 4 members (excludes halogenated alkanes) is 1. The highest BCUT2D eigenvalue weighted by atomic mass is 16.5. The van der Waals surface area contributed by atoms with Crippen LogP contribution in [0.1, 0.15) is 35.2 Å². The molecule has 7 heteroatoms. The number of ether oxygens (including phenoxy) is 1. The third-order valence-corrected chi connectivity index (χ3v) is 3.34. The van der Waals surface area contributed by atoms with Gasteiger partial charge in [-0.25, -0.2) is 9.79 Å². The summed E-state index contributed by atoms with van der Waals surface area (Å²) in [5.74, 6) is 4.42. The van der Waals surface area contributed by atoms with Gasteiger partial charge < -0.3 is 14.7 Å². The Morgan fingerprint density at radius 2 is 2.00 bits per heavy atom. The topological polar surface area (TPSA) is 96.3 Å². The van der Waals surface area contributed by atoms with Gasteiger partial charge in [0.2, 0.25) is 5.91 Å². The summed E-state index contributed by atoms with van der Waals surface area (Å²) in [7, 11) is 4.56. The number of carbonyl (C=O) groups excluding carboxylic acids is 3. The van der Waals surface area contributed by atoms with Gasteiger partial charge in [-0.3, -0.25) is 9.59 Å². The Labute approximate surface area is 152 Å². The van der Waals surface area contributed by atoms with Crippen molar-refractivity contribution in [3.05, 3.63) is 35.4 Å². The number of nitrogens with zero attached hydrogens (tertiary/aromatic N) is 2. The average molecular weight is 358 g/mol. The molecule has 1 rings (SSSR count). The van der Waals surface area contributed by atoms with Crippen molar-refractivity contribution in [2.45, 2.75) is 19.3 Å². The summed E-state index contributed by atoms with van der Waals surface area (Å²) in [6.45, 7) is -0.691. The second kappa shape index (κ2) is 10.8. The van der Waals surface area contributed by atoms with E-state index in [1.807, 2.05) is 0 Å². The summed E-state index contributed by atoms with van der Waals surface area (Å²) < 4.78 is 4.44. The van der Waals surface area contributed by atoms with Crippen LogP contribution in [0.15, 0.2) is 29.3 Å². The van der Waals surface area contributed by atoms with E-state index in [0.717, 1.165) is 7.11 Å². The average Bonchev–Trinajstić information content (AvgIpc) is 2.64. The lowest BCUT2D eigenvalue weighted by Gasteiger charge is -2.08. The van der Waals surface area contributed by atoms with Crippen molar-refractivity contribution in [1.82, 2.24) is 4.90 Å². The number of amides is 2. The van der Waals surface area contributed by atoms with E-state index in [0.29, 0.717) is 24.8 Å². The second-order valence-corrected chi connectivity index (χ2v) is 5.54. The van der Waals surface area contributed by atoms with Gasteiger partial charge in [0, 0.05) is 38.1 Å². The molecule has 0 radical (unpaired) electrons. The Kier molecular flexibility index (Phi) is 8.75. The van der Waals surface area contributed by atoms with E-state index in [-0.39, 0.29) is 17.2 Å². The SMILES string of the molecule is COC(=O)C(CO)=NC(=O)c1cccc(C#CCCCC(=O)N(C)C)c1. The van der Waals surface area contributed by atoms with Gasteiger partial charge in [-0.05, 0) is 24.6 Å². The summed E-state index contributed by atoms with van der Waals surface area (Å²) in [4.78, 5) is 40.0. The van der Waals surface area contributed by atoms with Crippen molar-refractivity contribution < 1.29 is 24.2 Å². The summed E-state index contributed by atoms with van der Waals surface area (Å²) >= 11 is 0. The van der Waals surface area contributed by atoms with E-state index in [2.05, 4.69) is 21.6 Å². The third-order valence-electron chi connectivity index (χ3n) is 3.34. The fourth-order valence-corrected chi connectivity index (χ4v) is 1.90. The van der Waals surface area contributed by atoms with Crippen molar-refractivity contribution in [3.63, 3.8) is 0 Å². The van der Waals surface area contributed by atoms with E-state index >= 15 is 0 Å². The van der Waals surface area contributed by atoms with Crippen LogP contribution in [0.3, 0.4) is 0 Å². The standard InChI is InChI=1S/C19H22N2O5/c1-21(2)17(23)11-6-4-5-8-14-9-7-10-15(12-14)18(24)20-16(13-22)19(25)26-3/h7,9-10,12,22H,4,6,11,13H2,1-3H3. The van der Waals surface area contributed by atoms with Crippen LogP contribution in [0.2, 0.25) is 0 Å². The first-order valence-corrected chi connectivity index (χ1v) is 7.99. The maximum Gasteiger partial charge on any atom is 0.354 e. The first kappa shape index (κ1) is 21.1. The zero-order valence-corrected chi connectivity index (χ0v) is 15.1. The molecule has 0 fully saturated rings. The van der Waals surface area contributed by atoms with Crippen LogP contribution >= 0.6 is 0 Å². The van der Waals surface area contributed by atoms with Crippen LogP contribution in [0, 0.1) is 11.8 Å². The molecule has 26 heavy (non-hydrogen) atoms. The van der Waals surface area contributed by atoms with E-state index in [9.17, 15) is 14.4 Å². The Morgan fingerprint density at radius 3 is 2.62 bits per heavy atom. The molecule has 0 saturated carbocycles. The number of rotatable bonds is 6. The van der Waals surface area contributed by atoms with Crippen molar-refractivity contribution >= 4 is 23.5 Å². The molecule has 0 bridgehead atoms. The highest BCUT2D eigenvalue weighted by Gasteiger charge is 2.14. The number of methoxy groups -OCH3 is 1. The molecule has 0 aliphatic carbocycles. The number of esters is 1. The summed E-state index contributed by atoms with van der Waals surface area (Å²) in [6, 6.07) is 6.49. The van der Waals surface area contributed by atoms with Crippen LogP contribution in [-0.4, -0.2) is 61.3 Å². The molecule has 0 saturated heterocycles. The van der Waals surface area contributed by atoms with Crippen LogP contribution < -0.4 is 0 Å². The molecule has 7 nitrogen and oxygen atoms in total. The Hall–Kier alpha value is -2.98. The van der Waals surface area contributed by atoms with Crippen LogP contribution in [0.25, 0.3) is 0 Å².